The normalized spacial score (nSPS) is 25.6. The van der Waals surface area contributed by atoms with E-state index in [0.29, 0.717) is 11.8 Å². The summed E-state index contributed by atoms with van der Waals surface area (Å²) in [6.45, 7) is 4.84. The van der Waals surface area contributed by atoms with Crippen molar-refractivity contribution in [2.24, 2.45) is 11.8 Å². The highest BCUT2D eigenvalue weighted by Gasteiger charge is 2.27. The van der Waals surface area contributed by atoms with Gasteiger partial charge in [-0.2, -0.15) is 4.68 Å². The molecule has 1 aromatic heterocycles. The minimum absolute atomic E-state index is 0.0323. The fourth-order valence-corrected chi connectivity index (χ4v) is 3.46. The fourth-order valence-electron chi connectivity index (χ4n) is 3.46. The average molecular weight is 309 g/mol. The zero-order valence-electron chi connectivity index (χ0n) is 13.0. The molecule has 1 amide bonds. The molecule has 0 spiro atoms. The van der Waals surface area contributed by atoms with Crippen molar-refractivity contribution in [3.8, 4) is 0 Å². The first-order valence-electron chi connectivity index (χ1n) is 8.02. The molecule has 7 nitrogen and oxygen atoms in total. The third-order valence-electron chi connectivity index (χ3n) is 4.55. The van der Waals surface area contributed by atoms with Crippen molar-refractivity contribution >= 4 is 5.91 Å². The third-order valence-corrected chi connectivity index (χ3v) is 4.55. The van der Waals surface area contributed by atoms with E-state index in [1.807, 2.05) is 4.90 Å². The number of aromatic nitrogens is 2. The highest BCUT2D eigenvalue weighted by atomic mass is 16.5. The lowest BCUT2D eigenvalue weighted by Gasteiger charge is -2.33. The zero-order valence-corrected chi connectivity index (χ0v) is 13.0. The number of rotatable bonds is 4. The second-order valence-electron chi connectivity index (χ2n) is 6.36. The van der Waals surface area contributed by atoms with Crippen LogP contribution in [0.2, 0.25) is 0 Å². The maximum atomic E-state index is 12.4. The van der Waals surface area contributed by atoms with Gasteiger partial charge in [0.2, 0.25) is 11.8 Å². The van der Waals surface area contributed by atoms with Gasteiger partial charge in [-0.25, -0.2) is 4.79 Å². The summed E-state index contributed by atoms with van der Waals surface area (Å²) in [7, 11) is 0. The molecule has 0 radical (unpaired) electrons. The Morgan fingerprint density at radius 1 is 1.36 bits per heavy atom. The minimum Gasteiger partial charge on any atom is -0.393 e. The van der Waals surface area contributed by atoms with Gasteiger partial charge in [-0.05, 0) is 37.5 Å². The van der Waals surface area contributed by atoms with E-state index in [1.54, 1.807) is 6.92 Å². The molecule has 0 N–H and O–H groups in total. The molecule has 0 saturated carbocycles. The van der Waals surface area contributed by atoms with E-state index in [4.69, 9.17) is 9.15 Å². The van der Waals surface area contributed by atoms with Crippen molar-refractivity contribution in [1.82, 2.24) is 14.7 Å². The third kappa shape index (κ3) is 3.58. The van der Waals surface area contributed by atoms with Crippen LogP contribution in [0.4, 0.5) is 0 Å². The quantitative estimate of drug-likeness (QED) is 0.822. The summed E-state index contributed by atoms with van der Waals surface area (Å²) in [5, 5.41) is 3.92. The van der Waals surface area contributed by atoms with Crippen molar-refractivity contribution in [2.75, 3.05) is 26.3 Å². The van der Waals surface area contributed by atoms with Crippen LogP contribution >= 0.6 is 0 Å². The summed E-state index contributed by atoms with van der Waals surface area (Å²) in [5.41, 5.74) is 0. The van der Waals surface area contributed by atoms with Crippen LogP contribution in [-0.4, -0.2) is 46.9 Å². The molecule has 2 unspecified atom stereocenters. The summed E-state index contributed by atoms with van der Waals surface area (Å²) in [5.74, 6) is 0.849. The van der Waals surface area contributed by atoms with Gasteiger partial charge in [0.1, 0.15) is 6.54 Å². The lowest BCUT2D eigenvalue weighted by atomic mass is 9.88. The number of carbonyl (C=O) groups excluding carboxylic acids is 1. The Morgan fingerprint density at radius 2 is 2.23 bits per heavy atom. The van der Waals surface area contributed by atoms with E-state index in [-0.39, 0.29) is 18.3 Å². The molecule has 0 aliphatic carbocycles. The van der Waals surface area contributed by atoms with Crippen LogP contribution in [0.3, 0.4) is 0 Å². The van der Waals surface area contributed by atoms with Crippen LogP contribution in [0.15, 0.2) is 9.21 Å². The molecule has 1 aromatic rings. The van der Waals surface area contributed by atoms with Gasteiger partial charge in [-0.1, -0.05) is 0 Å². The number of aryl methyl sites for hydroxylation is 1. The molecule has 3 rings (SSSR count). The standard InChI is InChI=1S/C15H23N3O4/c1-11-16-18(15(20)22-11)9-14(19)17-5-2-3-12(8-17)7-13-4-6-21-10-13/h12-13H,2-10H2,1H3. The summed E-state index contributed by atoms with van der Waals surface area (Å²) in [4.78, 5) is 25.7. The lowest BCUT2D eigenvalue weighted by molar-refractivity contribution is -0.134. The zero-order chi connectivity index (χ0) is 15.5. The van der Waals surface area contributed by atoms with E-state index in [2.05, 4.69) is 5.10 Å². The van der Waals surface area contributed by atoms with Crippen molar-refractivity contribution in [3.63, 3.8) is 0 Å². The molecule has 2 aliphatic heterocycles. The molecule has 0 bridgehead atoms. The number of hydrogen-bond acceptors (Lipinski definition) is 5. The molecule has 2 atom stereocenters. The molecule has 0 aromatic carbocycles. The van der Waals surface area contributed by atoms with Crippen LogP contribution in [-0.2, 0) is 16.1 Å². The second-order valence-corrected chi connectivity index (χ2v) is 6.36. The van der Waals surface area contributed by atoms with Crippen molar-refractivity contribution in [3.05, 3.63) is 16.4 Å². The van der Waals surface area contributed by atoms with E-state index in [9.17, 15) is 9.59 Å². The monoisotopic (exact) mass is 309 g/mol. The smallest absolute Gasteiger partial charge is 0.393 e. The lowest BCUT2D eigenvalue weighted by Crippen LogP contribution is -2.43. The Kier molecular flexibility index (Phi) is 4.61. The van der Waals surface area contributed by atoms with Gasteiger partial charge in [0.15, 0.2) is 0 Å². The molecule has 2 aliphatic rings. The Morgan fingerprint density at radius 3 is 2.91 bits per heavy atom. The molecule has 3 heterocycles. The van der Waals surface area contributed by atoms with Crippen molar-refractivity contribution in [2.45, 2.75) is 39.2 Å². The summed E-state index contributed by atoms with van der Waals surface area (Å²) in [6.07, 6.45) is 4.46. The van der Waals surface area contributed by atoms with E-state index in [0.717, 1.165) is 50.2 Å². The molecule has 2 fully saturated rings. The summed E-state index contributed by atoms with van der Waals surface area (Å²) >= 11 is 0. The topological polar surface area (TPSA) is 77.6 Å². The van der Waals surface area contributed by atoms with Gasteiger partial charge in [-0.3, -0.25) is 4.79 Å². The molecule has 122 valence electrons. The largest absolute Gasteiger partial charge is 0.437 e. The van der Waals surface area contributed by atoms with Crippen LogP contribution in [0.25, 0.3) is 0 Å². The van der Waals surface area contributed by atoms with E-state index in [1.165, 1.54) is 6.42 Å². The molecular weight excluding hydrogens is 286 g/mol. The molecular formula is C15H23N3O4. The molecule has 2 saturated heterocycles. The average Bonchev–Trinajstić information content (AvgIpc) is 3.09. The Balaban J connectivity index is 1.55. The second kappa shape index (κ2) is 6.64. The fraction of sp³-hybridized carbons (Fsp3) is 0.800. The number of piperidine rings is 1. The Hall–Kier alpha value is -1.63. The van der Waals surface area contributed by atoms with Crippen LogP contribution in [0, 0.1) is 18.8 Å². The van der Waals surface area contributed by atoms with Gasteiger partial charge < -0.3 is 14.1 Å². The summed E-state index contributed by atoms with van der Waals surface area (Å²) < 4.78 is 11.4. The number of carbonyl (C=O) groups is 1. The van der Waals surface area contributed by atoms with Gasteiger partial charge in [0.25, 0.3) is 0 Å². The van der Waals surface area contributed by atoms with E-state index < -0.39 is 5.76 Å². The van der Waals surface area contributed by atoms with Crippen LogP contribution in [0.5, 0.6) is 0 Å². The highest BCUT2D eigenvalue weighted by molar-refractivity contribution is 5.75. The van der Waals surface area contributed by atoms with Gasteiger partial charge in [0, 0.05) is 33.2 Å². The number of nitrogens with zero attached hydrogens (tertiary/aromatic N) is 3. The first-order chi connectivity index (χ1) is 10.6. The van der Waals surface area contributed by atoms with Gasteiger partial charge in [-0.15, -0.1) is 5.10 Å². The first-order valence-corrected chi connectivity index (χ1v) is 8.02. The predicted molar refractivity (Wildman–Crippen MR) is 78.3 cm³/mol. The summed E-state index contributed by atoms with van der Waals surface area (Å²) in [6, 6.07) is 0. The van der Waals surface area contributed by atoms with Crippen molar-refractivity contribution < 1.29 is 13.9 Å². The molecule has 7 heteroatoms. The molecule has 22 heavy (non-hydrogen) atoms. The first kappa shape index (κ1) is 15.3. The Labute approximate surface area is 129 Å². The SMILES string of the molecule is Cc1nn(CC(=O)N2CCCC(CC3CCOC3)C2)c(=O)o1. The maximum absolute atomic E-state index is 12.4. The number of likely N-dealkylation sites (tertiary alicyclic amines) is 1. The van der Waals surface area contributed by atoms with Gasteiger partial charge in [0.05, 0.1) is 0 Å². The minimum atomic E-state index is -0.567. The predicted octanol–water partition coefficient (Wildman–Crippen LogP) is 0.810. The van der Waals surface area contributed by atoms with Crippen LogP contribution in [0.1, 0.15) is 31.6 Å². The van der Waals surface area contributed by atoms with Crippen molar-refractivity contribution in [1.29, 1.82) is 0 Å². The number of amides is 1. The highest BCUT2D eigenvalue weighted by Crippen LogP contribution is 2.27. The van der Waals surface area contributed by atoms with Crippen LogP contribution < -0.4 is 5.76 Å². The maximum Gasteiger partial charge on any atom is 0.437 e. The number of hydrogen-bond donors (Lipinski definition) is 0. The van der Waals surface area contributed by atoms with E-state index >= 15 is 0 Å². The Bertz CT molecular complexity index is 574. The number of ether oxygens (including phenoxy) is 1. The van der Waals surface area contributed by atoms with Gasteiger partial charge >= 0.3 is 5.76 Å².